The second-order valence-corrected chi connectivity index (χ2v) is 5.71. The summed E-state index contributed by atoms with van der Waals surface area (Å²) in [5.74, 6) is -0.868. The van der Waals surface area contributed by atoms with E-state index in [1.54, 1.807) is 17.0 Å². The van der Waals surface area contributed by atoms with Gasteiger partial charge in [0.2, 0.25) is 0 Å². The SMILES string of the molecule is Cc1ccc(Cl)cc1C(=O)N1CCCN(CC(=O)O)CC1. The Morgan fingerprint density at radius 1 is 1.24 bits per heavy atom. The van der Waals surface area contributed by atoms with E-state index in [9.17, 15) is 9.59 Å². The van der Waals surface area contributed by atoms with Crippen LogP contribution in [0.4, 0.5) is 0 Å². The Bertz CT molecular complexity index is 548. The number of carboxylic acid groups (broad SMARTS) is 1. The molecule has 1 saturated heterocycles. The summed E-state index contributed by atoms with van der Waals surface area (Å²) in [6.45, 7) is 4.37. The first kappa shape index (κ1) is 15.8. The zero-order chi connectivity index (χ0) is 15.4. The molecule has 0 saturated carbocycles. The van der Waals surface area contributed by atoms with E-state index in [1.165, 1.54) is 0 Å². The number of amides is 1. The monoisotopic (exact) mass is 310 g/mol. The summed E-state index contributed by atoms with van der Waals surface area (Å²) in [5, 5.41) is 9.39. The first-order valence-corrected chi connectivity index (χ1v) is 7.35. The molecule has 0 atom stereocenters. The molecule has 0 aliphatic carbocycles. The van der Waals surface area contributed by atoms with Crippen LogP contribution in [0.2, 0.25) is 5.02 Å². The molecule has 2 rings (SSSR count). The Balaban J connectivity index is 2.06. The maximum Gasteiger partial charge on any atom is 0.317 e. The number of carboxylic acids is 1. The lowest BCUT2D eigenvalue weighted by atomic mass is 10.1. The molecular formula is C15H19ClN2O3. The summed E-state index contributed by atoms with van der Waals surface area (Å²) in [5.41, 5.74) is 1.52. The van der Waals surface area contributed by atoms with E-state index in [2.05, 4.69) is 0 Å². The largest absolute Gasteiger partial charge is 0.480 e. The lowest BCUT2D eigenvalue weighted by Crippen LogP contribution is -2.36. The van der Waals surface area contributed by atoms with Gasteiger partial charge in [-0.2, -0.15) is 0 Å². The average Bonchev–Trinajstić information content (AvgIpc) is 2.66. The fourth-order valence-corrected chi connectivity index (χ4v) is 2.69. The highest BCUT2D eigenvalue weighted by Gasteiger charge is 2.22. The van der Waals surface area contributed by atoms with Crippen molar-refractivity contribution in [2.24, 2.45) is 0 Å². The van der Waals surface area contributed by atoms with Crippen LogP contribution in [0.15, 0.2) is 18.2 Å². The van der Waals surface area contributed by atoms with Crippen molar-refractivity contribution in [1.82, 2.24) is 9.80 Å². The third kappa shape index (κ3) is 4.19. The minimum Gasteiger partial charge on any atom is -0.480 e. The summed E-state index contributed by atoms with van der Waals surface area (Å²) in [7, 11) is 0. The predicted octanol–water partition coefficient (Wildman–Crippen LogP) is 1.88. The molecule has 0 unspecified atom stereocenters. The van der Waals surface area contributed by atoms with Crippen LogP contribution in [0.1, 0.15) is 22.3 Å². The molecule has 1 fully saturated rings. The number of aliphatic carboxylic acids is 1. The Kier molecular flexibility index (Phi) is 5.20. The zero-order valence-electron chi connectivity index (χ0n) is 12.0. The molecule has 0 spiro atoms. The highest BCUT2D eigenvalue weighted by atomic mass is 35.5. The molecule has 1 N–H and O–H groups in total. The molecule has 6 heteroatoms. The van der Waals surface area contributed by atoms with Gasteiger partial charge >= 0.3 is 5.97 Å². The van der Waals surface area contributed by atoms with Gasteiger partial charge in [-0.3, -0.25) is 14.5 Å². The van der Waals surface area contributed by atoms with Gasteiger partial charge < -0.3 is 10.0 Å². The van der Waals surface area contributed by atoms with Crippen LogP contribution in [0.5, 0.6) is 0 Å². The van der Waals surface area contributed by atoms with Crippen molar-refractivity contribution in [3.05, 3.63) is 34.3 Å². The van der Waals surface area contributed by atoms with Crippen LogP contribution in [0.25, 0.3) is 0 Å². The number of carbonyl (C=O) groups excluding carboxylic acids is 1. The third-order valence-electron chi connectivity index (χ3n) is 3.66. The van der Waals surface area contributed by atoms with Crippen molar-refractivity contribution in [2.45, 2.75) is 13.3 Å². The van der Waals surface area contributed by atoms with E-state index in [4.69, 9.17) is 16.7 Å². The van der Waals surface area contributed by atoms with E-state index >= 15 is 0 Å². The van der Waals surface area contributed by atoms with E-state index in [-0.39, 0.29) is 12.5 Å². The first-order chi connectivity index (χ1) is 9.97. The van der Waals surface area contributed by atoms with Gasteiger partial charge in [0.05, 0.1) is 6.54 Å². The smallest absolute Gasteiger partial charge is 0.317 e. The molecule has 21 heavy (non-hydrogen) atoms. The predicted molar refractivity (Wildman–Crippen MR) is 80.8 cm³/mol. The van der Waals surface area contributed by atoms with E-state index in [0.717, 1.165) is 12.0 Å². The topological polar surface area (TPSA) is 60.9 Å². The molecule has 0 radical (unpaired) electrons. The minimum atomic E-state index is -0.833. The van der Waals surface area contributed by atoms with Crippen molar-refractivity contribution in [3.63, 3.8) is 0 Å². The van der Waals surface area contributed by atoms with Crippen LogP contribution in [-0.4, -0.2) is 59.5 Å². The Morgan fingerprint density at radius 3 is 2.71 bits per heavy atom. The van der Waals surface area contributed by atoms with Gasteiger partial charge in [0.25, 0.3) is 5.91 Å². The van der Waals surface area contributed by atoms with Crippen LogP contribution < -0.4 is 0 Å². The molecule has 114 valence electrons. The number of halogens is 1. The van der Waals surface area contributed by atoms with E-state index < -0.39 is 5.97 Å². The molecule has 0 aromatic heterocycles. The Labute approximate surface area is 129 Å². The lowest BCUT2D eigenvalue weighted by Gasteiger charge is -2.22. The molecule has 1 aromatic carbocycles. The number of hydrogen-bond acceptors (Lipinski definition) is 3. The number of rotatable bonds is 3. The minimum absolute atomic E-state index is 0.0260. The highest BCUT2D eigenvalue weighted by Crippen LogP contribution is 2.18. The number of hydrogen-bond donors (Lipinski definition) is 1. The summed E-state index contributed by atoms with van der Waals surface area (Å²) < 4.78 is 0. The molecule has 1 heterocycles. The first-order valence-electron chi connectivity index (χ1n) is 6.97. The van der Waals surface area contributed by atoms with E-state index in [1.807, 2.05) is 17.9 Å². The van der Waals surface area contributed by atoms with Gasteiger partial charge in [0.15, 0.2) is 0 Å². The zero-order valence-corrected chi connectivity index (χ0v) is 12.8. The highest BCUT2D eigenvalue weighted by molar-refractivity contribution is 6.31. The molecular weight excluding hydrogens is 292 g/mol. The number of nitrogens with zero attached hydrogens (tertiary/aromatic N) is 2. The van der Waals surface area contributed by atoms with Gasteiger partial charge in [0, 0.05) is 36.8 Å². The van der Waals surface area contributed by atoms with E-state index in [0.29, 0.717) is 36.8 Å². The Hall–Kier alpha value is -1.59. The van der Waals surface area contributed by atoms with Gasteiger partial charge in [-0.15, -0.1) is 0 Å². The summed E-state index contributed by atoms with van der Waals surface area (Å²) in [6, 6.07) is 5.30. The summed E-state index contributed by atoms with van der Waals surface area (Å²) >= 11 is 5.97. The molecule has 1 aliphatic heterocycles. The van der Waals surface area contributed by atoms with Gasteiger partial charge in [-0.1, -0.05) is 17.7 Å². The molecule has 1 aromatic rings. The second-order valence-electron chi connectivity index (χ2n) is 5.27. The number of benzene rings is 1. The van der Waals surface area contributed by atoms with Crippen molar-refractivity contribution >= 4 is 23.5 Å². The Morgan fingerprint density at radius 2 is 2.00 bits per heavy atom. The van der Waals surface area contributed by atoms with Crippen LogP contribution in [-0.2, 0) is 4.79 Å². The molecule has 5 nitrogen and oxygen atoms in total. The fraction of sp³-hybridized carbons (Fsp3) is 0.467. The quantitative estimate of drug-likeness (QED) is 0.926. The van der Waals surface area contributed by atoms with Crippen molar-refractivity contribution in [1.29, 1.82) is 0 Å². The van der Waals surface area contributed by atoms with Crippen molar-refractivity contribution in [2.75, 3.05) is 32.7 Å². The third-order valence-corrected chi connectivity index (χ3v) is 3.90. The molecule has 1 amide bonds. The van der Waals surface area contributed by atoms with Gasteiger partial charge in [0.1, 0.15) is 0 Å². The molecule has 1 aliphatic rings. The van der Waals surface area contributed by atoms with Crippen LogP contribution in [0, 0.1) is 6.92 Å². The van der Waals surface area contributed by atoms with Crippen molar-refractivity contribution < 1.29 is 14.7 Å². The summed E-state index contributed by atoms with van der Waals surface area (Å²) in [6.07, 6.45) is 0.776. The normalized spacial score (nSPS) is 16.6. The lowest BCUT2D eigenvalue weighted by molar-refractivity contribution is -0.138. The van der Waals surface area contributed by atoms with Gasteiger partial charge in [-0.25, -0.2) is 0 Å². The fourth-order valence-electron chi connectivity index (χ4n) is 2.52. The van der Waals surface area contributed by atoms with Gasteiger partial charge in [-0.05, 0) is 31.0 Å². The standard InChI is InChI=1S/C15H19ClN2O3/c1-11-3-4-12(16)9-13(11)15(21)18-6-2-5-17(7-8-18)10-14(19)20/h3-4,9H,2,5-8,10H2,1H3,(H,19,20). The molecule has 0 bridgehead atoms. The number of carbonyl (C=O) groups is 2. The summed E-state index contributed by atoms with van der Waals surface area (Å²) in [4.78, 5) is 27.0. The van der Waals surface area contributed by atoms with Crippen LogP contribution >= 0.6 is 11.6 Å². The maximum atomic E-state index is 12.6. The van der Waals surface area contributed by atoms with Crippen molar-refractivity contribution in [3.8, 4) is 0 Å². The number of aryl methyl sites for hydroxylation is 1. The maximum absolute atomic E-state index is 12.6. The average molecular weight is 311 g/mol. The van der Waals surface area contributed by atoms with Crippen LogP contribution in [0.3, 0.4) is 0 Å². The second kappa shape index (κ2) is 6.91.